The number of aromatic nitrogens is 3. The predicted octanol–water partition coefficient (Wildman–Crippen LogP) is -0.0914. The van der Waals surface area contributed by atoms with E-state index < -0.39 is 28.0 Å². The number of rotatable bonds is 4. The quantitative estimate of drug-likeness (QED) is 0.772. The van der Waals surface area contributed by atoms with Crippen LogP contribution in [0.3, 0.4) is 0 Å². The highest BCUT2D eigenvalue weighted by atomic mass is 32.2. The first kappa shape index (κ1) is 15.9. The van der Waals surface area contributed by atoms with E-state index >= 15 is 0 Å². The second-order valence-electron chi connectivity index (χ2n) is 5.35. The van der Waals surface area contributed by atoms with Crippen molar-refractivity contribution < 1.29 is 23.1 Å². The minimum absolute atomic E-state index is 0.0725. The fourth-order valence-electron chi connectivity index (χ4n) is 2.47. The van der Waals surface area contributed by atoms with Gasteiger partial charge in [0.25, 0.3) is 0 Å². The fourth-order valence-corrected chi connectivity index (χ4v) is 4.24. The number of carbonyl (C=O) groups excluding carboxylic acids is 1. The van der Waals surface area contributed by atoms with Gasteiger partial charge in [0.2, 0.25) is 0 Å². The third-order valence-corrected chi connectivity index (χ3v) is 5.05. The van der Waals surface area contributed by atoms with E-state index in [0.29, 0.717) is 5.69 Å². The molecule has 0 radical (unpaired) electrons. The van der Waals surface area contributed by atoms with Crippen LogP contribution >= 0.6 is 0 Å². The zero-order chi connectivity index (χ0) is 15.8. The normalized spacial score (nSPS) is 24.4. The Kier molecular flexibility index (Phi) is 4.33. The van der Waals surface area contributed by atoms with Gasteiger partial charge in [0.1, 0.15) is 0 Å². The second-order valence-corrected chi connectivity index (χ2v) is 7.51. The first-order chi connectivity index (χ1) is 9.76. The highest BCUT2D eigenvalue weighted by Gasteiger charge is 2.40. The number of hydrogen-bond acceptors (Lipinski definition) is 7. The third kappa shape index (κ3) is 3.08. The Morgan fingerprint density at radius 2 is 2.14 bits per heavy atom. The summed E-state index contributed by atoms with van der Waals surface area (Å²) in [6, 6.07) is -0.719. The first-order valence-corrected chi connectivity index (χ1v) is 8.59. The van der Waals surface area contributed by atoms with Gasteiger partial charge < -0.3 is 9.84 Å². The molecule has 0 amide bonds. The molecule has 0 aromatic carbocycles. The van der Waals surface area contributed by atoms with E-state index in [2.05, 4.69) is 10.3 Å². The topological polar surface area (TPSA) is 111 Å². The predicted molar refractivity (Wildman–Crippen MR) is 73.8 cm³/mol. The van der Waals surface area contributed by atoms with Crippen molar-refractivity contribution in [2.45, 2.75) is 38.8 Å². The van der Waals surface area contributed by atoms with Gasteiger partial charge in [-0.2, -0.15) is 0 Å². The fraction of sp³-hybridized carbons (Fsp3) is 0.750. The summed E-state index contributed by atoms with van der Waals surface area (Å²) in [5.74, 6) is -1.22. The zero-order valence-electron chi connectivity index (χ0n) is 12.2. The van der Waals surface area contributed by atoms with E-state index in [-0.39, 0.29) is 29.7 Å². The molecule has 0 saturated carbocycles. The largest absolute Gasteiger partial charge is 0.461 e. The van der Waals surface area contributed by atoms with Gasteiger partial charge in [-0.25, -0.2) is 17.9 Å². The number of carbonyl (C=O) groups is 1. The number of sulfone groups is 1. The average Bonchev–Trinajstić information content (AvgIpc) is 2.90. The molecule has 2 atom stereocenters. The van der Waals surface area contributed by atoms with E-state index in [0.717, 1.165) is 0 Å². The SMILES string of the molecule is CCOC(=O)c1nnn(C2CS(=O)(=O)CC2O)c1C(C)C. The van der Waals surface area contributed by atoms with Crippen molar-refractivity contribution in [3.8, 4) is 0 Å². The number of nitrogens with zero attached hydrogens (tertiary/aromatic N) is 3. The van der Waals surface area contributed by atoms with Crippen LogP contribution in [-0.4, -0.2) is 58.7 Å². The van der Waals surface area contributed by atoms with Crippen molar-refractivity contribution >= 4 is 15.8 Å². The van der Waals surface area contributed by atoms with Gasteiger partial charge in [-0.15, -0.1) is 5.10 Å². The lowest BCUT2D eigenvalue weighted by atomic mass is 10.1. The van der Waals surface area contributed by atoms with Crippen LogP contribution in [0, 0.1) is 0 Å². The van der Waals surface area contributed by atoms with E-state index in [1.165, 1.54) is 4.68 Å². The standard InChI is InChI=1S/C12H19N3O5S/c1-4-20-12(17)10-11(7(2)3)15(14-13-10)8-5-21(18,19)6-9(8)16/h7-9,16H,4-6H2,1-3H3. The van der Waals surface area contributed by atoms with E-state index in [1.807, 2.05) is 13.8 Å². The van der Waals surface area contributed by atoms with Crippen LogP contribution in [0.5, 0.6) is 0 Å². The summed E-state index contributed by atoms with van der Waals surface area (Å²) in [7, 11) is -3.31. The zero-order valence-corrected chi connectivity index (χ0v) is 13.0. The molecule has 118 valence electrons. The Balaban J connectivity index is 2.44. The molecule has 9 heteroatoms. The van der Waals surface area contributed by atoms with Crippen LogP contribution in [-0.2, 0) is 14.6 Å². The molecular weight excluding hydrogens is 298 g/mol. The molecular formula is C12H19N3O5S. The summed E-state index contributed by atoms with van der Waals surface area (Å²) in [5.41, 5.74) is 0.554. The van der Waals surface area contributed by atoms with Crippen LogP contribution in [0.25, 0.3) is 0 Å². The minimum atomic E-state index is -3.31. The van der Waals surface area contributed by atoms with Crippen molar-refractivity contribution in [1.29, 1.82) is 0 Å². The second kappa shape index (κ2) is 5.72. The van der Waals surface area contributed by atoms with Crippen LogP contribution in [0.1, 0.15) is 48.9 Å². The Hall–Kier alpha value is -1.48. The highest BCUT2D eigenvalue weighted by Crippen LogP contribution is 2.29. The molecule has 8 nitrogen and oxygen atoms in total. The molecule has 2 unspecified atom stereocenters. The monoisotopic (exact) mass is 317 g/mol. The van der Waals surface area contributed by atoms with Crippen molar-refractivity contribution in [3.05, 3.63) is 11.4 Å². The van der Waals surface area contributed by atoms with Gasteiger partial charge in [0, 0.05) is 0 Å². The first-order valence-electron chi connectivity index (χ1n) is 6.77. The summed E-state index contributed by atoms with van der Waals surface area (Å²) in [6.45, 7) is 5.58. The van der Waals surface area contributed by atoms with Crippen molar-refractivity contribution in [2.75, 3.05) is 18.1 Å². The molecule has 1 aromatic heterocycles. The number of esters is 1. The van der Waals surface area contributed by atoms with Gasteiger partial charge in [0.15, 0.2) is 15.5 Å². The number of aliphatic hydroxyl groups excluding tert-OH is 1. The van der Waals surface area contributed by atoms with E-state index in [4.69, 9.17) is 4.74 Å². The molecule has 0 bridgehead atoms. The van der Waals surface area contributed by atoms with Gasteiger partial charge >= 0.3 is 5.97 Å². The molecule has 2 heterocycles. The number of aliphatic hydroxyl groups is 1. The Bertz CT molecular complexity index is 637. The molecule has 1 aromatic rings. The van der Waals surface area contributed by atoms with Gasteiger partial charge in [-0.3, -0.25) is 0 Å². The van der Waals surface area contributed by atoms with Gasteiger partial charge in [-0.1, -0.05) is 19.1 Å². The molecule has 1 N–H and O–H groups in total. The highest BCUT2D eigenvalue weighted by molar-refractivity contribution is 7.91. The molecule has 2 rings (SSSR count). The van der Waals surface area contributed by atoms with Crippen LogP contribution in [0.2, 0.25) is 0 Å². The summed E-state index contributed by atoms with van der Waals surface area (Å²) in [5, 5.41) is 17.6. The van der Waals surface area contributed by atoms with Crippen molar-refractivity contribution in [3.63, 3.8) is 0 Å². The lowest BCUT2D eigenvalue weighted by Crippen LogP contribution is -2.25. The number of ether oxygens (including phenoxy) is 1. The molecule has 1 aliphatic heterocycles. The molecule has 1 saturated heterocycles. The summed E-state index contributed by atoms with van der Waals surface area (Å²) >= 11 is 0. The van der Waals surface area contributed by atoms with Crippen LogP contribution in [0.4, 0.5) is 0 Å². The van der Waals surface area contributed by atoms with Crippen molar-refractivity contribution in [2.24, 2.45) is 0 Å². The smallest absolute Gasteiger partial charge is 0.360 e. The van der Waals surface area contributed by atoms with E-state index in [9.17, 15) is 18.3 Å². The van der Waals surface area contributed by atoms with Crippen LogP contribution in [0.15, 0.2) is 0 Å². The molecule has 0 spiro atoms. The Morgan fingerprint density at radius 1 is 1.48 bits per heavy atom. The minimum Gasteiger partial charge on any atom is -0.461 e. The maximum absolute atomic E-state index is 11.9. The molecule has 21 heavy (non-hydrogen) atoms. The average molecular weight is 317 g/mol. The lowest BCUT2D eigenvalue weighted by Gasteiger charge is -2.17. The third-order valence-electron chi connectivity index (χ3n) is 3.35. The van der Waals surface area contributed by atoms with Crippen LogP contribution < -0.4 is 0 Å². The van der Waals surface area contributed by atoms with E-state index in [1.54, 1.807) is 6.92 Å². The number of hydrogen-bond donors (Lipinski definition) is 1. The maximum Gasteiger partial charge on any atom is 0.360 e. The van der Waals surface area contributed by atoms with Gasteiger partial charge in [0.05, 0.1) is 36.0 Å². The molecule has 1 fully saturated rings. The van der Waals surface area contributed by atoms with Gasteiger partial charge in [-0.05, 0) is 12.8 Å². The maximum atomic E-state index is 11.9. The lowest BCUT2D eigenvalue weighted by molar-refractivity contribution is 0.0517. The summed E-state index contributed by atoms with van der Waals surface area (Å²) < 4.78 is 29.6. The Morgan fingerprint density at radius 3 is 2.62 bits per heavy atom. The summed E-state index contributed by atoms with van der Waals surface area (Å²) in [6.07, 6.45) is -1.05. The summed E-state index contributed by atoms with van der Waals surface area (Å²) in [4.78, 5) is 11.9. The molecule has 0 aliphatic carbocycles. The Labute approximate surface area is 123 Å². The molecule has 1 aliphatic rings. The van der Waals surface area contributed by atoms with Crippen molar-refractivity contribution in [1.82, 2.24) is 15.0 Å².